The number of anilines is 2. The molecule has 3 heteroatoms. The van der Waals surface area contributed by atoms with Crippen LogP contribution in [-0.4, -0.2) is 13.1 Å². The third-order valence-electron chi connectivity index (χ3n) is 3.66. The Hall–Kier alpha value is -2.47. The number of nitrogens with one attached hydrogen (secondary N) is 1. The normalized spacial score (nSPS) is 13.3. The summed E-state index contributed by atoms with van der Waals surface area (Å²) in [5.74, 6) is 0. The summed E-state index contributed by atoms with van der Waals surface area (Å²) >= 11 is 0. The second kappa shape index (κ2) is 5.26. The molecule has 20 heavy (non-hydrogen) atoms. The van der Waals surface area contributed by atoms with Crippen molar-refractivity contribution in [2.45, 2.75) is 13.5 Å². The Morgan fingerprint density at radius 1 is 1.20 bits per heavy atom. The summed E-state index contributed by atoms with van der Waals surface area (Å²) in [5, 5.41) is 12.3. The van der Waals surface area contributed by atoms with Crippen LogP contribution in [0.2, 0.25) is 0 Å². The van der Waals surface area contributed by atoms with Gasteiger partial charge in [0.2, 0.25) is 0 Å². The molecule has 0 aromatic heterocycles. The average Bonchev–Trinajstić information content (AvgIpc) is 2.49. The Kier molecular flexibility index (Phi) is 3.30. The van der Waals surface area contributed by atoms with E-state index in [2.05, 4.69) is 47.5 Å². The molecule has 2 aromatic carbocycles. The van der Waals surface area contributed by atoms with E-state index >= 15 is 0 Å². The molecule has 1 aliphatic rings. The van der Waals surface area contributed by atoms with E-state index in [4.69, 9.17) is 5.26 Å². The highest BCUT2D eigenvalue weighted by Gasteiger charge is 2.16. The summed E-state index contributed by atoms with van der Waals surface area (Å²) in [6.45, 7) is 4.90. The molecule has 0 bridgehead atoms. The molecule has 0 saturated carbocycles. The maximum Gasteiger partial charge on any atom is 0.0992 e. The first-order chi connectivity index (χ1) is 9.76. The number of nitrogens with zero attached hydrogens (tertiary/aromatic N) is 2. The molecular formula is C17H17N3. The Balaban J connectivity index is 1.86. The van der Waals surface area contributed by atoms with Crippen molar-refractivity contribution in [2.75, 3.05) is 23.3 Å². The molecule has 0 aliphatic carbocycles. The maximum atomic E-state index is 8.97. The van der Waals surface area contributed by atoms with Crippen molar-refractivity contribution < 1.29 is 0 Å². The van der Waals surface area contributed by atoms with Gasteiger partial charge in [-0.05, 0) is 30.7 Å². The first kappa shape index (κ1) is 12.6. The minimum Gasteiger partial charge on any atom is -0.382 e. The highest BCUT2D eigenvalue weighted by Crippen LogP contribution is 2.30. The molecule has 0 fully saturated rings. The van der Waals surface area contributed by atoms with Crippen LogP contribution in [0.15, 0.2) is 42.5 Å². The lowest BCUT2D eigenvalue weighted by atomic mass is 10.1. The fraction of sp³-hybridized carbons (Fsp3) is 0.235. The van der Waals surface area contributed by atoms with Gasteiger partial charge in [0.1, 0.15) is 0 Å². The first-order valence-electron chi connectivity index (χ1n) is 6.85. The number of fused-ring (bicyclic) bond motifs is 1. The molecular weight excluding hydrogens is 246 g/mol. The number of nitriles is 1. The van der Waals surface area contributed by atoms with Gasteiger partial charge in [-0.15, -0.1) is 0 Å². The van der Waals surface area contributed by atoms with E-state index in [-0.39, 0.29) is 0 Å². The molecule has 0 unspecified atom stereocenters. The number of hydrogen-bond donors (Lipinski definition) is 1. The lowest BCUT2D eigenvalue weighted by molar-refractivity contribution is 0.787. The highest BCUT2D eigenvalue weighted by atomic mass is 15.2. The van der Waals surface area contributed by atoms with Gasteiger partial charge in [0.05, 0.1) is 23.0 Å². The predicted molar refractivity (Wildman–Crippen MR) is 81.9 cm³/mol. The lowest BCUT2D eigenvalue weighted by Crippen LogP contribution is -2.33. The number of aryl methyl sites for hydroxylation is 1. The molecule has 0 radical (unpaired) electrons. The summed E-state index contributed by atoms with van der Waals surface area (Å²) in [6, 6.07) is 16.7. The van der Waals surface area contributed by atoms with E-state index in [0.717, 1.165) is 25.3 Å². The van der Waals surface area contributed by atoms with Crippen molar-refractivity contribution in [3.8, 4) is 6.07 Å². The van der Waals surface area contributed by atoms with Crippen molar-refractivity contribution in [3.05, 3.63) is 59.2 Å². The van der Waals surface area contributed by atoms with Crippen molar-refractivity contribution in [2.24, 2.45) is 0 Å². The molecule has 1 heterocycles. The molecule has 3 rings (SSSR count). The maximum absolute atomic E-state index is 8.97. The van der Waals surface area contributed by atoms with E-state index in [1.165, 1.54) is 16.8 Å². The standard InChI is InChI=1S/C17H17N3/c1-13-2-4-14(5-3-13)12-20-9-8-19-16-10-15(11-18)6-7-17(16)20/h2-7,10,19H,8-9,12H2,1H3. The van der Waals surface area contributed by atoms with E-state index < -0.39 is 0 Å². The molecule has 1 aliphatic heterocycles. The third kappa shape index (κ3) is 2.46. The first-order valence-corrected chi connectivity index (χ1v) is 6.85. The summed E-state index contributed by atoms with van der Waals surface area (Å²) in [4.78, 5) is 2.36. The largest absolute Gasteiger partial charge is 0.382 e. The molecule has 0 spiro atoms. The molecule has 3 nitrogen and oxygen atoms in total. The van der Waals surface area contributed by atoms with E-state index in [1.807, 2.05) is 18.2 Å². The van der Waals surface area contributed by atoms with Gasteiger partial charge in [0.25, 0.3) is 0 Å². The molecule has 0 saturated heterocycles. The summed E-state index contributed by atoms with van der Waals surface area (Å²) < 4.78 is 0. The lowest BCUT2D eigenvalue weighted by Gasteiger charge is -2.32. The van der Waals surface area contributed by atoms with Crippen LogP contribution in [0.4, 0.5) is 11.4 Å². The van der Waals surface area contributed by atoms with Gasteiger partial charge in [0.15, 0.2) is 0 Å². The Bertz CT molecular complexity index is 653. The molecule has 100 valence electrons. The van der Waals surface area contributed by atoms with E-state index in [0.29, 0.717) is 5.56 Å². The van der Waals surface area contributed by atoms with Crippen LogP contribution in [0.3, 0.4) is 0 Å². The molecule has 0 atom stereocenters. The number of hydrogen-bond acceptors (Lipinski definition) is 3. The monoisotopic (exact) mass is 263 g/mol. The van der Waals surface area contributed by atoms with E-state index in [9.17, 15) is 0 Å². The average molecular weight is 263 g/mol. The van der Waals surface area contributed by atoms with Crippen LogP contribution in [-0.2, 0) is 6.54 Å². The SMILES string of the molecule is Cc1ccc(CN2CCNc3cc(C#N)ccc32)cc1. The highest BCUT2D eigenvalue weighted by molar-refractivity contribution is 5.73. The zero-order valence-electron chi connectivity index (χ0n) is 11.6. The molecule has 0 amide bonds. The van der Waals surface area contributed by atoms with Gasteiger partial charge in [-0.2, -0.15) is 5.26 Å². The van der Waals surface area contributed by atoms with Crippen LogP contribution in [0.5, 0.6) is 0 Å². The zero-order chi connectivity index (χ0) is 13.9. The van der Waals surface area contributed by atoms with Gasteiger partial charge >= 0.3 is 0 Å². The van der Waals surface area contributed by atoms with Crippen molar-refractivity contribution in [1.29, 1.82) is 5.26 Å². The van der Waals surface area contributed by atoms with Crippen LogP contribution in [0.1, 0.15) is 16.7 Å². The van der Waals surface area contributed by atoms with Crippen LogP contribution >= 0.6 is 0 Å². The number of rotatable bonds is 2. The van der Waals surface area contributed by atoms with Crippen molar-refractivity contribution in [1.82, 2.24) is 0 Å². The van der Waals surface area contributed by atoms with Crippen LogP contribution in [0, 0.1) is 18.3 Å². The quantitative estimate of drug-likeness (QED) is 0.903. The summed E-state index contributed by atoms with van der Waals surface area (Å²) in [7, 11) is 0. The minimum atomic E-state index is 0.702. The zero-order valence-corrected chi connectivity index (χ0v) is 11.6. The third-order valence-corrected chi connectivity index (χ3v) is 3.66. The number of benzene rings is 2. The second-order valence-electron chi connectivity index (χ2n) is 5.18. The van der Waals surface area contributed by atoms with Crippen LogP contribution in [0.25, 0.3) is 0 Å². The second-order valence-corrected chi connectivity index (χ2v) is 5.18. The summed E-state index contributed by atoms with van der Waals surface area (Å²) in [5.41, 5.74) is 5.53. The van der Waals surface area contributed by atoms with Crippen molar-refractivity contribution in [3.63, 3.8) is 0 Å². The molecule has 1 N–H and O–H groups in total. The predicted octanol–water partition coefficient (Wildman–Crippen LogP) is 3.30. The van der Waals surface area contributed by atoms with Gasteiger partial charge in [0, 0.05) is 19.6 Å². The van der Waals surface area contributed by atoms with Gasteiger partial charge in [-0.3, -0.25) is 0 Å². The molecule has 2 aromatic rings. The smallest absolute Gasteiger partial charge is 0.0992 e. The Morgan fingerprint density at radius 2 is 2.00 bits per heavy atom. The summed E-state index contributed by atoms with van der Waals surface area (Å²) in [6.07, 6.45) is 0. The van der Waals surface area contributed by atoms with Gasteiger partial charge in [-0.1, -0.05) is 29.8 Å². The topological polar surface area (TPSA) is 39.1 Å². The fourth-order valence-electron chi connectivity index (χ4n) is 2.55. The Labute approximate surface area is 119 Å². The van der Waals surface area contributed by atoms with Crippen molar-refractivity contribution >= 4 is 11.4 Å². The van der Waals surface area contributed by atoms with Gasteiger partial charge < -0.3 is 10.2 Å². The van der Waals surface area contributed by atoms with E-state index in [1.54, 1.807) is 0 Å². The Morgan fingerprint density at radius 3 is 2.75 bits per heavy atom. The fourth-order valence-corrected chi connectivity index (χ4v) is 2.55. The van der Waals surface area contributed by atoms with Crippen LogP contribution < -0.4 is 10.2 Å². The minimum absolute atomic E-state index is 0.702. The van der Waals surface area contributed by atoms with Gasteiger partial charge in [-0.25, -0.2) is 0 Å².